The van der Waals surface area contributed by atoms with Crippen LogP contribution in [0.25, 0.3) is 21.8 Å². The molecule has 0 unspecified atom stereocenters. The maximum atomic E-state index is 8.49. The van der Waals surface area contributed by atoms with Crippen LogP contribution in [0.4, 0.5) is 0 Å². The van der Waals surface area contributed by atoms with Crippen LogP contribution in [0.3, 0.4) is 0 Å². The van der Waals surface area contributed by atoms with Gasteiger partial charge in [-0.2, -0.15) is 4.57 Å². The molecule has 0 aliphatic heterocycles. The number of benzene rings is 2. The Balaban J connectivity index is 0.000000523. The number of para-hydroxylation sites is 2. The fourth-order valence-electron chi connectivity index (χ4n) is 4.00. The van der Waals surface area contributed by atoms with Crippen molar-refractivity contribution in [2.75, 3.05) is 0 Å². The Hall–Kier alpha value is -2.31. The van der Waals surface area contributed by atoms with Gasteiger partial charge in [0.1, 0.15) is 6.54 Å². The van der Waals surface area contributed by atoms with Gasteiger partial charge in [-0.1, -0.05) is 30.3 Å². The molecule has 168 valence electrons. The van der Waals surface area contributed by atoms with Gasteiger partial charge in [-0.25, -0.2) is 18.6 Å². The zero-order valence-corrected chi connectivity index (χ0v) is 20.2. The van der Waals surface area contributed by atoms with E-state index in [0.717, 1.165) is 13.1 Å². The average Bonchev–Trinajstić information content (AvgIpc) is 2.73. The van der Waals surface area contributed by atoms with E-state index in [2.05, 4.69) is 97.5 Å². The second kappa shape index (κ2) is 10.1. The Kier molecular flexibility index (Phi) is 7.67. The van der Waals surface area contributed by atoms with Gasteiger partial charge in [0.25, 0.3) is 0 Å². The highest BCUT2D eigenvalue weighted by molar-refractivity contribution is 7.38. The van der Waals surface area contributed by atoms with Crippen molar-refractivity contribution in [3.63, 3.8) is 0 Å². The monoisotopic (exact) mass is 472 g/mol. The Morgan fingerprint density at radius 1 is 0.844 bits per heavy atom. The summed E-state index contributed by atoms with van der Waals surface area (Å²) in [7, 11) is -3.69. The number of halogens is 1. The van der Waals surface area contributed by atoms with Crippen LogP contribution in [0, 0.1) is 29.2 Å². The molecule has 32 heavy (non-hydrogen) atoms. The number of nitrogens with zero attached hydrogens (tertiary/aromatic N) is 2. The standard InChI is InChI=1S/C24H26N2P.ClHO4/c1-5-25-21-13-9-7-11-19(21)17(3)15-23(25)27-24-16-18(4)20-12-8-10-14-22(20)26(24)6-2;2-1(3,4)5/h7-16H,5-6H2,1-4H3;(H,2,3,4,5)/q+1;/p-1. The quantitative estimate of drug-likeness (QED) is 0.325. The molecule has 6 nitrogen and oxygen atoms in total. The molecular formula is C24H26ClN2O4P. The van der Waals surface area contributed by atoms with Crippen LogP contribution in [-0.4, -0.2) is 4.57 Å². The average molecular weight is 473 g/mol. The van der Waals surface area contributed by atoms with Gasteiger partial charge in [0.2, 0.25) is 11.0 Å². The topological polar surface area (TPSA) is 101 Å². The molecule has 0 atom stereocenters. The molecule has 0 aliphatic rings. The number of pyridine rings is 2. The Morgan fingerprint density at radius 2 is 1.41 bits per heavy atom. The molecule has 8 heteroatoms. The molecule has 0 aliphatic carbocycles. The van der Waals surface area contributed by atoms with Gasteiger partial charge in [0.15, 0.2) is 0 Å². The van der Waals surface area contributed by atoms with Crippen LogP contribution in [-0.2, 0) is 13.1 Å². The lowest BCUT2D eigenvalue weighted by molar-refractivity contribution is -2.00. The van der Waals surface area contributed by atoms with Gasteiger partial charge in [0, 0.05) is 43.2 Å². The summed E-state index contributed by atoms with van der Waals surface area (Å²) in [6.45, 7) is 10.9. The van der Waals surface area contributed by atoms with E-state index in [0.29, 0.717) is 0 Å². The minimum atomic E-state index is -4.94. The highest BCUT2D eigenvalue weighted by Gasteiger charge is 2.15. The van der Waals surface area contributed by atoms with Crippen molar-refractivity contribution < 1.29 is 33.4 Å². The van der Waals surface area contributed by atoms with Gasteiger partial charge < -0.3 is 4.57 Å². The molecule has 0 radical (unpaired) electrons. The third-order valence-electron chi connectivity index (χ3n) is 5.35. The SMILES string of the molecule is CCn1c(=Pc2cc(C)c3ccccc3[n+]2CC)cc(C)c2ccccc21.[O-][Cl+3]([O-])([O-])[O-]. The van der Waals surface area contributed by atoms with Crippen LogP contribution >= 0.6 is 8.20 Å². The lowest BCUT2D eigenvalue weighted by Crippen LogP contribution is -2.68. The second-order valence-corrected chi connectivity index (χ2v) is 9.28. The van der Waals surface area contributed by atoms with Crippen LogP contribution < -0.4 is 28.6 Å². The highest BCUT2D eigenvalue weighted by Crippen LogP contribution is 2.22. The van der Waals surface area contributed by atoms with Crippen LogP contribution in [0.15, 0.2) is 60.7 Å². The molecule has 0 saturated carbocycles. The van der Waals surface area contributed by atoms with Crippen molar-refractivity contribution in [3.05, 3.63) is 76.9 Å². The van der Waals surface area contributed by atoms with Crippen molar-refractivity contribution in [3.8, 4) is 0 Å². The molecule has 4 rings (SSSR count). The van der Waals surface area contributed by atoms with E-state index < -0.39 is 10.2 Å². The lowest BCUT2D eigenvalue weighted by atomic mass is 10.1. The molecule has 0 saturated heterocycles. The Labute approximate surface area is 191 Å². The molecule has 4 aromatic rings. The number of aromatic nitrogens is 2. The molecule has 0 amide bonds. The predicted octanol–water partition coefficient (Wildman–Crippen LogP) is 0.786. The molecular weight excluding hydrogens is 447 g/mol. The van der Waals surface area contributed by atoms with Crippen LogP contribution in [0.5, 0.6) is 0 Å². The summed E-state index contributed by atoms with van der Waals surface area (Å²) < 4.78 is 38.9. The first-order chi connectivity index (χ1) is 15.1. The molecule has 0 N–H and O–H groups in total. The molecule has 0 bridgehead atoms. The first-order valence-electron chi connectivity index (χ1n) is 10.3. The van der Waals surface area contributed by atoms with E-state index in [1.54, 1.807) is 0 Å². The maximum absolute atomic E-state index is 8.49. The number of rotatable bonds is 3. The minimum absolute atomic E-state index is 0.974. The highest BCUT2D eigenvalue weighted by atomic mass is 35.7. The van der Waals surface area contributed by atoms with Gasteiger partial charge in [-0.05, 0) is 57.0 Å². The molecule has 2 aromatic heterocycles. The van der Waals surface area contributed by atoms with E-state index in [1.165, 1.54) is 51.6 Å². The summed E-state index contributed by atoms with van der Waals surface area (Å²) in [6.07, 6.45) is 0. The van der Waals surface area contributed by atoms with Gasteiger partial charge in [-0.3, -0.25) is 0 Å². The number of hydrogen-bond acceptors (Lipinski definition) is 4. The van der Waals surface area contributed by atoms with E-state index in [9.17, 15) is 0 Å². The van der Waals surface area contributed by atoms with Crippen molar-refractivity contribution >= 4 is 35.4 Å². The molecule has 0 spiro atoms. The van der Waals surface area contributed by atoms with Crippen LogP contribution in [0.2, 0.25) is 0 Å². The summed E-state index contributed by atoms with van der Waals surface area (Å²) in [5.41, 5.74) is 6.69. The molecule has 2 aromatic carbocycles. The Morgan fingerprint density at radius 3 is 2.03 bits per heavy atom. The van der Waals surface area contributed by atoms with E-state index in [1.807, 2.05) is 0 Å². The second-order valence-electron chi connectivity index (χ2n) is 7.38. The fraction of sp³-hybridized carbons (Fsp3) is 0.250. The van der Waals surface area contributed by atoms with E-state index in [4.69, 9.17) is 18.6 Å². The zero-order chi connectivity index (χ0) is 23.5. The lowest BCUT2D eigenvalue weighted by Gasteiger charge is -2.17. The first-order valence-corrected chi connectivity index (χ1v) is 12.4. The third-order valence-corrected chi connectivity index (χ3v) is 6.54. The van der Waals surface area contributed by atoms with Crippen molar-refractivity contribution in [2.45, 2.75) is 40.8 Å². The van der Waals surface area contributed by atoms with Gasteiger partial charge in [-0.15, -0.1) is 10.2 Å². The summed E-state index contributed by atoms with van der Waals surface area (Å²) in [5.74, 6) is 0. The predicted molar refractivity (Wildman–Crippen MR) is 117 cm³/mol. The van der Waals surface area contributed by atoms with Gasteiger partial charge in [0.05, 0.1) is 5.07 Å². The summed E-state index contributed by atoms with van der Waals surface area (Å²) in [6, 6.07) is 22.2. The zero-order valence-electron chi connectivity index (χ0n) is 18.5. The normalized spacial score (nSPS) is 12.2. The third kappa shape index (κ3) is 5.54. The fourth-order valence-corrected chi connectivity index (χ4v) is 5.49. The largest absolute Gasteiger partial charge is 0.337 e. The summed E-state index contributed by atoms with van der Waals surface area (Å²) in [4.78, 5) is 0. The smallest absolute Gasteiger partial charge is 0.233 e. The van der Waals surface area contributed by atoms with Crippen LogP contribution in [0.1, 0.15) is 25.0 Å². The molecule has 0 fully saturated rings. The minimum Gasteiger partial charge on any atom is -0.337 e. The summed E-state index contributed by atoms with van der Waals surface area (Å²) in [5, 5.41) is 4.04. The van der Waals surface area contributed by atoms with Crippen molar-refractivity contribution in [1.82, 2.24) is 4.57 Å². The van der Waals surface area contributed by atoms with E-state index in [-0.39, 0.29) is 0 Å². The number of hydrogen-bond donors (Lipinski definition) is 0. The number of fused-ring (bicyclic) bond motifs is 2. The van der Waals surface area contributed by atoms with Crippen molar-refractivity contribution in [2.24, 2.45) is 0 Å². The maximum Gasteiger partial charge on any atom is 0.233 e. The van der Waals surface area contributed by atoms with Gasteiger partial charge >= 0.3 is 0 Å². The number of aryl methyl sites for hydroxylation is 4. The molecule has 2 heterocycles. The first kappa shape index (κ1) is 24.3. The van der Waals surface area contributed by atoms with E-state index >= 15 is 0 Å². The van der Waals surface area contributed by atoms with Crippen molar-refractivity contribution in [1.29, 1.82) is 0 Å². The Bertz CT molecular complexity index is 1320. The summed E-state index contributed by atoms with van der Waals surface area (Å²) >= 11 is 0.